The zero-order valence-electron chi connectivity index (χ0n) is 13.7. The molecule has 1 aliphatic carbocycles. The molecule has 0 saturated heterocycles. The lowest BCUT2D eigenvalue weighted by molar-refractivity contribution is 0.284. The number of nitrogens with zero attached hydrogens (tertiary/aromatic N) is 1. The first-order valence-electron chi connectivity index (χ1n) is 7.53. The molecule has 0 aromatic heterocycles. The van der Waals surface area contributed by atoms with Crippen LogP contribution in [0.4, 0.5) is 0 Å². The van der Waals surface area contributed by atoms with Crippen LogP contribution < -0.4 is 0 Å². The van der Waals surface area contributed by atoms with Gasteiger partial charge in [-0.05, 0) is 47.8 Å². The number of isocyanates is 1. The van der Waals surface area contributed by atoms with Gasteiger partial charge in [0, 0.05) is 5.56 Å². The number of rotatable bonds is 4. The maximum absolute atomic E-state index is 10.6. The van der Waals surface area contributed by atoms with Crippen LogP contribution in [0.3, 0.4) is 0 Å². The summed E-state index contributed by atoms with van der Waals surface area (Å²) in [7, 11) is 0. The van der Waals surface area contributed by atoms with Crippen LogP contribution in [0.2, 0.25) is 0 Å². The van der Waals surface area contributed by atoms with Crippen molar-refractivity contribution in [3.05, 3.63) is 29.3 Å². The molecule has 1 N–H and O–H groups in total. The van der Waals surface area contributed by atoms with Gasteiger partial charge in [-0.1, -0.05) is 40.7 Å². The summed E-state index contributed by atoms with van der Waals surface area (Å²) in [6, 6.07) is 5.73. The third-order valence-corrected chi connectivity index (χ3v) is 4.23. The molecule has 3 heteroatoms. The van der Waals surface area contributed by atoms with E-state index >= 15 is 0 Å². The molecule has 0 heterocycles. The number of phenolic OH excluding ortho intramolecular Hbond substituents is 1. The van der Waals surface area contributed by atoms with E-state index in [4.69, 9.17) is 0 Å². The molecule has 0 radical (unpaired) electrons. The highest BCUT2D eigenvalue weighted by Gasteiger charge is 2.47. The Kier molecular flexibility index (Phi) is 3.75. The summed E-state index contributed by atoms with van der Waals surface area (Å²) >= 11 is 0. The van der Waals surface area contributed by atoms with E-state index in [0.29, 0.717) is 0 Å². The Morgan fingerprint density at radius 2 is 1.86 bits per heavy atom. The third kappa shape index (κ3) is 3.36. The van der Waals surface area contributed by atoms with E-state index < -0.39 is 5.54 Å². The molecule has 1 aromatic rings. The van der Waals surface area contributed by atoms with Gasteiger partial charge in [-0.3, -0.25) is 0 Å². The minimum absolute atomic E-state index is 0.00166. The van der Waals surface area contributed by atoms with Gasteiger partial charge < -0.3 is 5.11 Å². The highest BCUT2D eigenvalue weighted by atomic mass is 16.3. The van der Waals surface area contributed by atoms with Crippen molar-refractivity contribution in [2.24, 2.45) is 10.4 Å². The monoisotopic (exact) mass is 287 g/mol. The van der Waals surface area contributed by atoms with E-state index in [2.05, 4.69) is 39.6 Å². The normalized spacial score (nSPS) is 17.2. The van der Waals surface area contributed by atoms with Crippen molar-refractivity contribution in [1.29, 1.82) is 0 Å². The first-order chi connectivity index (χ1) is 9.60. The van der Waals surface area contributed by atoms with Gasteiger partial charge in [0.1, 0.15) is 11.3 Å². The second kappa shape index (κ2) is 4.99. The van der Waals surface area contributed by atoms with E-state index in [-0.39, 0.29) is 16.6 Å². The van der Waals surface area contributed by atoms with Crippen LogP contribution in [0, 0.1) is 5.41 Å². The molecule has 0 spiro atoms. The van der Waals surface area contributed by atoms with Crippen LogP contribution in [0.15, 0.2) is 23.2 Å². The van der Waals surface area contributed by atoms with Gasteiger partial charge in [0.2, 0.25) is 6.08 Å². The van der Waals surface area contributed by atoms with Crippen LogP contribution in [0.1, 0.15) is 65.0 Å². The number of benzene rings is 1. The summed E-state index contributed by atoms with van der Waals surface area (Å²) in [6.07, 6.45) is 4.30. The summed E-state index contributed by atoms with van der Waals surface area (Å²) in [6.45, 7) is 11.1. The Labute approximate surface area is 127 Å². The maximum Gasteiger partial charge on any atom is 0.235 e. The maximum atomic E-state index is 10.6. The predicted octanol–water partition coefficient (Wildman–Crippen LogP) is 4.43. The van der Waals surface area contributed by atoms with Gasteiger partial charge in [0.15, 0.2) is 0 Å². The lowest BCUT2D eigenvalue weighted by Crippen LogP contribution is -2.25. The first kappa shape index (κ1) is 15.8. The number of carbonyl (C=O) groups excluding carboxylic acids is 1. The van der Waals surface area contributed by atoms with Gasteiger partial charge in [-0.25, -0.2) is 4.79 Å². The highest BCUT2D eigenvalue weighted by molar-refractivity contribution is 5.49. The average molecular weight is 287 g/mol. The fraction of sp³-hybridized carbons (Fsp3) is 0.611. The second-order valence-electron chi connectivity index (χ2n) is 8.09. The van der Waals surface area contributed by atoms with E-state index in [9.17, 15) is 9.90 Å². The first-order valence-corrected chi connectivity index (χ1v) is 7.53. The number of hydrogen-bond donors (Lipinski definition) is 1. The standard InChI is InChI=1S/C18H25NO2/c1-16(2,3)11-17(4,5)13-6-7-15(21)14(10-13)18(8-9-18)19-12-20/h6-7,10,21H,8-9,11H2,1-5H3. The van der Waals surface area contributed by atoms with Crippen molar-refractivity contribution in [3.63, 3.8) is 0 Å². The summed E-state index contributed by atoms with van der Waals surface area (Å²) in [5.41, 5.74) is 1.64. The molecule has 0 amide bonds. The van der Waals surface area contributed by atoms with Crippen molar-refractivity contribution < 1.29 is 9.90 Å². The van der Waals surface area contributed by atoms with Crippen molar-refractivity contribution >= 4 is 6.08 Å². The van der Waals surface area contributed by atoms with Crippen LogP contribution in [0.25, 0.3) is 0 Å². The summed E-state index contributed by atoms with van der Waals surface area (Å²) in [5, 5.41) is 10.1. The second-order valence-corrected chi connectivity index (χ2v) is 8.09. The molecule has 1 aliphatic rings. The van der Waals surface area contributed by atoms with Crippen molar-refractivity contribution in [1.82, 2.24) is 0 Å². The van der Waals surface area contributed by atoms with Gasteiger partial charge in [-0.15, -0.1) is 0 Å². The molecule has 0 bridgehead atoms. The zero-order chi connectivity index (χ0) is 15.9. The van der Waals surface area contributed by atoms with Crippen LogP contribution in [-0.4, -0.2) is 11.2 Å². The molecule has 0 unspecified atom stereocenters. The zero-order valence-corrected chi connectivity index (χ0v) is 13.7. The Bertz CT molecular complexity index is 586. The fourth-order valence-corrected chi connectivity index (χ4v) is 3.40. The molecule has 0 atom stereocenters. The molecule has 1 fully saturated rings. The lowest BCUT2D eigenvalue weighted by Gasteiger charge is -2.33. The smallest absolute Gasteiger partial charge is 0.235 e. The summed E-state index contributed by atoms with van der Waals surface area (Å²) < 4.78 is 0. The van der Waals surface area contributed by atoms with Gasteiger partial charge in [0.05, 0.1) is 0 Å². The highest BCUT2D eigenvalue weighted by Crippen LogP contribution is 2.53. The molecule has 0 aliphatic heterocycles. The topological polar surface area (TPSA) is 49.7 Å². The molecular formula is C18H25NO2. The number of aromatic hydroxyl groups is 1. The van der Waals surface area contributed by atoms with E-state index in [0.717, 1.165) is 24.8 Å². The Morgan fingerprint density at radius 3 is 2.33 bits per heavy atom. The fourth-order valence-electron chi connectivity index (χ4n) is 3.40. The SMILES string of the molecule is CC(C)(C)CC(C)(C)c1ccc(O)c(C2(N=C=O)CC2)c1. The summed E-state index contributed by atoms with van der Waals surface area (Å²) in [5.74, 6) is 0.224. The van der Waals surface area contributed by atoms with Crippen molar-refractivity contribution in [2.75, 3.05) is 0 Å². The minimum atomic E-state index is -0.528. The Hall–Kier alpha value is -1.60. The molecule has 114 valence electrons. The van der Waals surface area contributed by atoms with Crippen LogP contribution in [0.5, 0.6) is 5.75 Å². The van der Waals surface area contributed by atoms with Crippen molar-refractivity contribution in [2.45, 2.75) is 64.8 Å². The van der Waals surface area contributed by atoms with Gasteiger partial charge >= 0.3 is 0 Å². The lowest BCUT2D eigenvalue weighted by atomic mass is 9.72. The number of hydrogen-bond acceptors (Lipinski definition) is 3. The van der Waals surface area contributed by atoms with Gasteiger partial charge in [-0.2, -0.15) is 4.99 Å². The minimum Gasteiger partial charge on any atom is -0.508 e. The molecule has 2 rings (SSSR count). The van der Waals surface area contributed by atoms with E-state index in [1.807, 2.05) is 12.1 Å². The van der Waals surface area contributed by atoms with E-state index in [1.54, 1.807) is 12.1 Å². The van der Waals surface area contributed by atoms with Crippen LogP contribution >= 0.6 is 0 Å². The van der Waals surface area contributed by atoms with Crippen molar-refractivity contribution in [3.8, 4) is 5.75 Å². The third-order valence-electron chi connectivity index (χ3n) is 4.23. The average Bonchev–Trinajstić information content (AvgIpc) is 3.07. The summed E-state index contributed by atoms with van der Waals surface area (Å²) in [4.78, 5) is 14.6. The molecule has 21 heavy (non-hydrogen) atoms. The molecule has 3 nitrogen and oxygen atoms in total. The quantitative estimate of drug-likeness (QED) is 0.658. The van der Waals surface area contributed by atoms with Crippen LogP contribution in [-0.2, 0) is 15.7 Å². The Morgan fingerprint density at radius 1 is 1.24 bits per heavy atom. The predicted molar refractivity (Wildman–Crippen MR) is 84.2 cm³/mol. The number of phenols is 1. The number of aliphatic imine (C=N–C) groups is 1. The molecule has 1 saturated carbocycles. The van der Waals surface area contributed by atoms with Gasteiger partial charge in [0.25, 0.3) is 0 Å². The largest absolute Gasteiger partial charge is 0.508 e. The molecular weight excluding hydrogens is 262 g/mol. The molecule has 1 aromatic carbocycles. The van der Waals surface area contributed by atoms with E-state index in [1.165, 1.54) is 5.56 Å². The Balaban J connectivity index is 2.42.